The van der Waals surface area contributed by atoms with E-state index in [1.165, 1.54) is 18.2 Å². The number of hydrogen-bond acceptors (Lipinski definition) is 3. The van der Waals surface area contributed by atoms with Crippen LogP contribution in [-0.2, 0) is 11.2 Å². The van der Waals surface area contributed by atoms with E-state index in [1.807, 2.05) is 30.3 Å². The lowest BCUT2D eigenvalue weighted by Gasteiger charge is -2.15. The summed E-state index contributed by atoms with van der Waals surface area (Å²) in [5.41, 5.74) is 6.28. The molecular formula is C18H14ClFN2O2S. The molecule has 0 saturated carbocycles. The van der Waals surface area contributed by atoms with E-state index in [0.717, 1.165) is 16.9 Å². The predicted molar refractivity (Wildman–Crippen MR) is 97.4 cm³/mol. The molecule has 1 atom stereocenters. The average Bonchev–Trinajstić information content (AvgIpc) is 2.91. The Morgan fingerprint density at radius 2 is 1.92 bits per heavy atom. The molecule has 1 heterocycles. The van der Waals surface area contributed by atoms with Crippen LogP contribution in [0.25, 0.3) is 10.1 Å². The summed E-state index contributed by atoms with van der Waals surface area (Å²) < 4.78 is 13.9. The number of carbonyl (C=O) groups excluding carboxylic acids is 2. The molecule has 2 aromatic carbocycles. The van der Waals surface area contributed by atoms with Gasteiger partial charge in [0, 0.05) is 16.5 Å². The van der Waals surface area contributed by atoms with Gasteiger partial charge < -0.3 is 11.1 Å². The van der Waals surface area contributed by atoms with Crippen molar-refractivity contribution in [1.82, 2.24) is 5.32 Å². The number of rotatable bonds is 5. The second-order valence-corrected chi connectivity index (χ2v) is 6.93. The monoisotopic (exact) mass is 376 g/mol. The van der Waals surface area contributed by atoms with Crippen LogP contribution < -0.4 is 11.1 Å². The minimum absolute atomic E-state index is 0.224. The van der Waals surface area contributed by atoms with Gasteiger partial charge in [-0.05, 0) is 23.8 Å². The van der Waals surface area contributed by atoms with Gasteiger partial charge in [-0.2, -0.15) is 0 Å². The molecule has 1 aromatic heterocycles. The predicted octanol–water partition coefficient (Wildman–Crippen LogP) is 3.52. The van der Waals surface area contributed by atoms with Crippen molar-refractivity contribution >= 4 is 44.8 Å². The van der Waals surface area contributed by atoms with Crippen molar-refractivity contribution in [2.75, 3.05) is 0 Å². The van der Waals surface area contributed by atoms with Gasteiger partial charge in [-0.1, -0.05) is 41.9 Å². The molecule has 3 aromatic rings. The maximum atomic E-state index is 13.3. The number of amides is 2. The van der Waals surface area contributed by atoms with Gasteiger partial charge in [-0.3, -0.25) is 9.59 Å². The molecule has 0 aliphatic carbocycles. The number of halogens is 2. The first kappa shape index (κ1) is 17.4. The van der Waals surface area contributed by atoms with Crippen LogP contribution >= 0.6 is 22.9 Å². The number of hydrogen-bond donors (Lipinski definition) is 2. The van der Waals surface area contributed by atoms with Crippen LogP contribution in [0.3, 0.4) is 0 Å². The molecule has 0 saturated heterocycles. The molecule has 7 heteroatoms. The minimum atomic E-state index is -0.868. The van der Waals surface area contributed by atoms with Gasteiger partial charge in [0.25, 0.3) is 5.91 Å². The topological polar surface area (TPSA) is 72.2 Å². The molecule has 128 valence electrons. The summed E-state index contributed by atoms with van der Waals surface area (Å²) in [6.07, 6.45) is 0.277. The summed E-state index contributed by atoms with van der Waals surface area (Å²) in [5, 5.41) is 3.45. The van der Waals surface area contributed by atoms with Crippen LogP contribution in [0.15, 0.2) is 48.5 Å². The lowest BCUT2D eigenvalue weighted by Crippen LogP contribution is -2.45. The van der Waals surface area contributed by atoms with Crippen LogP contribution in [0.2, 0.25) is 5.02 Å². The van der Waals surface area contributed by atoms with Crippen molar-refractivity contribution in [3.8, 4) is 0 Å². The second kappa shape index (κ2) is 7.21. The van der Waals surface area contributed by atoms with Gasteiger partial charge in [0.15, 0.2) is 0 Å². The summed E-state index contributed by atoms with van der Waals surface area (Å²) in [6, 6.07) is 12.5. The Morgan fingerprint density at radius 3 is 2.60 bits per heavy atom. The largest absolute Gasteiger partial charge is 0.368 e. The van der Waals surface area contributed by atoms with E-state index < -0.39 is 23.7 Å². The van der Waals surface area contributed by atoms with Crippen molar-refractivity contribution in [2.45, 2.75) is 12.5 Å². The highest BCUT2D eigenvalue weighted by Gasteiger charge is 2.23. The number of primary amides is 1. The van der Waals surface area contributed by atoms with Crippen LogP contribution in [0.1, 0.15) is 15.2 Å². The number of fused-ring (bicyclic) bond motifs is 1. The van der Waals surface area contributed by atoms with E-state index in [-0.39, 0.29) is 16.3 Å². The van der Waals surface area contributed by atoms with Gasteiger partial charge in [-0.15, -0.1) is 11.3 Å². The molecule has 0 aliphatic heterocycles. The zero-order chi connectivity index (χ0) is 18.0. The number of thiophene rings is 1. The first-order valence-electron chi connectivity index (χ1n) is 7.47. The van der Waals surface area contributed by atoms with Crippen LogP contribution in [0.4, 0.5) is 4.39 Å². The Hall–Kier alpha value is -2.44. The molecule has 0 bridgehead atoms. The fourth-order valence-electron chi connectivity index (χ4n) is 2.48. The maximum absolute atomic E-state index is 13.3. The summed E-state index contributed by atoms with van der Waals surface area (Å²) in [7, 11) is 0. The normalized spacial score (nSPS) is 12.1. The molecule has 25 heavy (non-hydrogen) atoms. The quantitative estimate of drug-likeness (QED) is 0.715. The van der Waals surface area contributed by atoms with E-state index in [9.17, 15) is 14.0 Å². The highest BCUT2D eigenvalue weighted by molar-refractivity contribution is 7.21. The Morgan fingerprint density at radius 1 is 1.20 bits per heavy atom. The molecule has 0 spiro atoms. The zero-order valence-electron chi connectivity index (χ0n) is 13.0. The van der Waals surface area contributed by atoms with Gasteiger partial charge >= 0.3 is 0 Å². The number of nitrogens with two attached hydrogens (primary N) is 1. The smallest absolute Gasteiger partial charge is 0.263 e. The summed E-state index contributed by atoms with van der Waals surface area (Å²) in [5.74, 6) is -1.55. The summed E-state index contributed by atoms with van der Waals surface area (Å²) >= 11 is 7.31. The van der Waals surface area contributed by atoms with E-state index in [4.69, 9.17) is 17.3 Å². The Kier molecular flexibility index (Phi) is 5.01. The molecule has 0 fully saturated rings. The lowest BCUT2D eigenvalue weighted by atomic mass is 10.1. The second-order valence-electron chi connectivity index (χ2n) is 5.50. The van der Waals surface area contributed by atoms with Gasteiger partial charge in [0.05, 0.1) is 5.02 Å². The third-order valence-corrected chi connectivity index (χ3v) is 5.39. The van der Waals surface area contributed by atoms with Crippen molar-refractivity contribution in [3.63, 3.8) is 0 Å². The number of benzene rings is 2. The van der Waals surface area contributed by atoms with Gasteiger partial charge in [-0.25, -0.2) is 4.39 Å². The van der Waals surface area contributed by atoms with E-state index in [2.05, 4.69) is 5.32 Å². The van der Waals surface area contributed by atoms with Gasteiger partial charge in [0.1, 0.15) is 16.7 Å². The van der Waals surface area contributed by atoms with E-state index in [0.29, 0.717) is 10.1 Å². The zero-order valence-corrected chi connectivity index (χ0v) is 14.5. The molecule has 2 amide bonds. The molecule has 3 rings (SSSR count). The highest BCUT2D eigenvalue weighted by Crippen LogP contribution is 2.35. The molecule has 4 nitrogen and oxygen atoms in total. The third-order valence-electron chi connectivity index (χ3n) is 3.73. The maximum Gasteiger partial charge on any atom is 0.263 e. The van der Waals surface area contributed by atoms with Crippen LogP contribution in [-0.4, -0.2) is 17.9 Å². The third kappa shape index (κ3) is 3.81. The Balaban J connectivity index is 1.84. The molecule has 1 unspecified atom stereocenters. The van der Waals surface area contributed by atoms with Crippen LogP contribution in [0.5, 0.6) is 0 Å². The number of nitrogens with one attached hydrogen (secondary N) is 1. The summed E-state index contributed by atoms with van der Waals surface area (Å²) in [4.78, 5) is 24.5. The van der Waals surface area contributed by atoms with Crippen LogP contribution in [0, 0.1) is 5.82 Å². The minimum Gasteiger partial charge on any atom is -0.368 e. The molecule has 3 N–H and O–H groups in total. The molecular weight excluding hydrogens is 363 g/mol. The van der Waals surface area contributed by atoms with Crippen molar-refractivity contribution < 1.29 is 14.0 Å². The SMILES string of the molecule is NC(=O)C(Cc1ccccc1)NC(=O)c1sc2cc(F)ccc2c1Cl. The fourth-order valence-corrected chi connectivity index (χ4v) is 3.93. The fraction of sp³-hybridized carbons (Fsp3) is 0.111. The summed E-state index contributed by atoms with van der Waals surface area (Å²) in [6.45, 7) is 0. The molecule has 0 aliphatic rings. The first-order chi connectivity index (χ1) is 12.0. The Bertz CT molecular complexity index is 943. The van der Waals surface area contributed by atoms with Crippen molar-refractivity contribution in [3.05, 3.63) is 69.8 Å². The lowest BCUT2D eigenvalue weighted by molar-refractivity contribution is -0.119. The highest BCUT2D eigenvalue weighted by atomic mass is 35.5. The van der Waals surface area contributed by atoms with Crippen molar-refractivity contribution in [1.29, 1.82) is 0 Å². The standard InChI is InChI=1S/C18H14ClFN2O2S/c19-15-12-7-6-11(20)9-14(12)25-16(15)18(24)22-13(17(21)23)8-10-4-2-1-3-5-10/h1-7,9,13H,8H2,(H2,21,23)(H,22,24). The molecule has 0 radical (unpaired) electrons. The van der Waals surface area contributed by atoms with Gasteiger partial charge in [0.2, 0.25) is 5.91 Å². The first-order valence-corrected chi connectivity index (χ1v) is 8.67. The Labute approximate surface area is 152 Å². The van der Waals surface area contributed by atoms with Crippen molar-refractivity contribution in [2.24, 2.45) is 5.73 Å². The van der Waals surface area contributed by atoms with E-state index in [1.54, 1.807) is 0 Å². The number of carbonyl (C=O) groups is 2. The average molecular weight is 377 g/mol. The van der Waals surface area contributed by atoms with E-state index >= 15 is 0 Å².